The van der Waals surface area contributed by atoms with Crippen LogP contribution in [0.3, 0.4) is 0 Å². The molecule has 0 aliphatic rings. The minimum atomic E-state index is -4.14. The molecule has 38 heavy (non-hydrogen) atoms. The zero-order valence-corrected chi connectivity index (χ0v) is 29.0. The van der Waals surface area contributed by atoms with Gasteiger partial charge in [0.15, 0.2) is 0 Å². The molecule has 0 aromatic rings. The molecule has 0 N–H and O–H groups in total. The van der Waals surface area contributed by atoms with Crippen LogP contribution < -0.4 is 4.89 Å². The summed E-state index contributed by atoms with van der Waals surface area (Å²) >= 11 is 0. The molecule has 0 fully saturated rings. The molecular weight excluding hydrogens is 510 g/mol. The van der Waals surface area contributed by atoms with Crippen LogP contribution in [0.2, 0.25) is 0 Å². The fourth-order valence-electron chi connectivity index (χ4n) is 4.87. The van der Waals surface area contributed by atoms with E-state index >= 15 is 0 Å². The van der Waals surface area contributed by atoms with Gasteiger partial charge in [-0.2, -0.15) is 0 Å². The molecule has 0 amide bonds. The van der Waals surface area contributed by atoms with Gasteiger partial charge in [0.05, 0.1) is 37.9 Å². The lowest BCUT2D eigenvalue weighted by Crippen LogP contribution is -2.17. The van der Waals surface area contributed by atoms with Gasteiger partial charge in [0.2, 0.25) is 0 Å². The Balaban J connectivity index is 0. The minimum Gasteiger partial charge on any atom is -0.756 e. The molecule has 232 valence electrons. The van der Waals surface area contributed by atoms with Crippen LogP contribution in [0.1, 0.15) is 158 Å². The third kappa shape index (κ3) is 23.3. The van der Waals surface area contributed by atoms with Crippen molar-refractivity contribution < 1.29 is 18.5 Å². The Hall–Kier alpha value is 0.540. The second kappa shape index (κ2) is 27.7. The lowest BCUT2D eigenvalue weighted by Gasteiger charge is -2.28. The molecule has 0 spiro atoms. The smallest absolute Gasteiger partial charge is 0.267 e. The molecule has 0 saturated carbocycles. The van der Waals surface area contributed by atoms with Crippen molar-refractivity contribution in [3.8, 4) is 0 Å². The van der Waals surface area contributed by atoms with Crippen molar-refractivity contribution in [3.63, 3.8) is 0 Å². The predicted octanol–water partition coefficient (Wildman–Crippen LogP) is 11.1. The lowest BCUT2D eigenvalue weighted by molar-refractivity contribution is -0.227. The van der Waals surface area contributed by atoms with E-state index in [0.29, 0.717) is 11.8 Å². The van der Waals surface area contributed by atoms with Gasteiger partial charge < -0.3 is 13.9 Å². The Morgan fingerprint density at radius 3 is 1.08 bits per heavy atom. The van der Waals surface area contributed by atoms with Crippen LogP contribution in [0.15, 0.2) is 0 Å². The van der Waals surface area contributed by atoms with E-state index in [-0.39, 0.29) is 13.2 Å². The second-order valence-corrected chi connectivity index (χ2v) is 17.4. The monoisotopic (exact) mass is 580 g/mol. The number of unbranched alkanes of at least 4 members (excludes halogenated alkanes) is 6. The Labute approximate surface area is 241 Å². The van der Waals surface area contributed by atoms with E-state index < -0.39 is 15.1 Å². The van der Waals surface area contributed by atoms with Crippen LogP contribution >= 0.6 is 15.1 Å². The van der Waals surface area contributed by atoms with Crippen LogP contribution in [0, 0.1) is 11.8 Å². The van der Waals surface area contributed by atoms with E-state index in [2.05, 4.69) is 55.4 Å². The summed E-state index contributed by atoms with van der Waals surface area (Å²) in [6.45, 7) is 18.3. The molecule has 2 atom stereocenters. The number of phosphoric ester groups is 1. The summed E-state index contributed by atoms with van der Waals surface area (Å²) < 4.78 is 21.9. The van der Waals surface area contributed by atoms with Gasteiger partial charge in [-0.05, 0) is 50.4 Å². The maximum Gasteiger partial charge on any atom is 0.267 e. The lowest BCUT2D eigenvalue weighted by atomic mass is 10.0. The van der Waals surface area contributed by atoms with E-state index in [1.165, 1.54) is 51.4 Å². The highest BCUT2D eigenvalue weighted by Crippen LogP contribution is 2.61. The van der Waals surface area contributed by atoms with Crippen LogP contribution in [0.4, 0.5) is 0 Å². The highest BCUT2D eigenvalue weighted by atomic mass is 31.2. The molecular formula is C32H70O4P2. The van der Waals surface area contributed by atoms with Gasteiger partial charge in [-0.3, -0.25) is 4.57 Å². The van der Waals surface area contributed by atoms with Crippen molar-refractivity contribution in [2.75, 3.05) is 37.9 Å². The SMILES string of the molecule is CCCCC(CC)COP(=O)([O-])OCC(CC)CCCC.CCCC[P+](CCCC)(CCCC)CCCC. The Morgan fingerprint density at radius 1 is 0.553 bits per heavy atom. The summed E-state index contributed by atoms with van der Waals surface area (Å²) in [7, 11) is -4.70. The highest BCUT2D eigenvalue weighted by molar-refractivity contribution is 7.75. The molecule has 0 saturated heterocycles. The summed E-state index contributed by atoms with van der Waals surface area (Å²) in [5.41, 5.74) is 0. The predicted molar refractivity (Wildman–Crippen MR) is 172 cm³/mol. The third-order valence-electron chi connectivity index (χ3n) is 7.97. The van der Waals surface area contributed by atoms with Crippen molar-refractivity contribution in [2.24, 2.45) is 11.8 Å². The van der Waals surface area contributed by atoms with Crippen LogP contribution in [-0.4, -0.2) is 37.9 Å². The van der Waals surface area contributed by atoms with Gasteiger partial charge in [-0.1, -0.05) is 120 Å². The Bertz CT molecular complexity index is 468. The van der Waals surface area contributed by atoms with E-state index in [9.17, 15) is 9.46 Å². The third-order valence-corrected chi connectivity index (χ3v) is 14.0. The van der Waals surface area contributed by atoms with Crippen LogP contribution in [-0.2, 0) is 13.6 Å². The second-order valence-electron chi connectivity index (χ2n) is 11.5. The average molecular weight is 581 g/mol. The van der Waals surface area contributed by atoms with Crippen molar-refractivity contribution in [3.05, 3.63) is 0 Å². The summed E-state index contributed by atoms with van der Waals surface area (Å²) in [4.78, 5) is 11.8. The molecule has 0 radical (unpaired) electrons. The normalized spacial score (nSPS) is 15.0. The number of hydrogen-bond acceptors (Lipinski definition) is 4. The fraction of sp³-hybridized carbons (Fsp3) is 1.00. The number of rotatable bonds is 26. The molecule has 0 aromatic heterocycles. The Morgan fingerprint density at radius 2 is 0.842 bits per heavy atom. The van der Waals surface area contributed by atoms with Crippen LogP contribution in [0.5, 0.6) is 0 Å². The average Bonchev–Trinajstić information content (AvgIpc) is 2.93. The Kier molecular flexibility index (Phi) is 29.6. The van der Waals surface area contributed by atoms with E-state index in [4.69, 9.17) is 9.05 Å². The molecule has 0 aliphatic carbocycles. The van der Waals surface area contributed by atoms with Crippen molar-refractivity contribution in [1.29, 1.82) is 0 Å². The van der Waals surface area contributed by atoms with Gasteiger partial charge in [0.1, 0.15) is 0 Å². The van der Waals surface area contributed by atoms with Crippen LogP contribution in [0.25, 0.3) is 0 Å². The first-order chi connectivity index (χ1) is 18.2. The minimum absolute atomic E-state index is 0.253. The van der Waals surface area contributed by atoms with Crippen molar-refractivity contribution in [1.82, 2.24) is 0 Å². The molecule has 4 nitrogen and oxygen atoms in total. The summed E-state index contributed by atoms with van der Waals surface area (Å²) in [5, 5.41) is 0. The van der Waals surface area contributed by atoms with Gasteiger partial charge in [0.25, 0.3) is 7.82 Å². The van der Waals surface area contributed by atoms with E-state index in [1.54, 1.807) is 24.6 Å². The van der Waals surface area contributed by atoms with Crippen molar-refractivity contribution in [2.45, 2.75) is 158 Å². The van der Waals surface area contributed by atoms with E-state index in [0.717, 1.165) is 51.4 Å². The summed E-state index contributed by atoms with van der Waals surface area (Å²) in [5.74, 6) is 0.607. The quantitative estimate of drug-likeness (QED) is 0.0955. The summed E-state index contributed by atoms with van der Waals surface area (Å²) in [6.07, 6.45) is 26.3. The zero-order valence-electron chi connectivity index (χ0n) is 27.2. The largest absolute Gasteiger partial charge is 0.756 e. The van der Waals surface area contributed by atoms with Gasteiger partial charge in [-0.15, -0.1) is 0 Å². The molecule has 0 aliphatic heterocycles. The highest BCUT2D eigenvalue weighted by Gasteiger charge is 2.34. The maximum atomic E-state index is 11.8. The van der Waals surface area contributed by atoms with Gasteiger partial charge in [0, 0.05) is 7.26 Å². The molecule has 0 aromatic carbocycles. The van der Waals surface area contributed by atoms with Gasteiger partial charge >= 0.3 is 0 Å². The number of hydrogen-bond donors (Lipinski definition) is 0. The van der Waals surface area contributed by atoms with E-state index in [1.807, 2.05) is 0 Å². The first kappa shape index (κ1) is 40.7. The molecule has 0 rings (SSSR count). The molecule has 0 heterocycles. The zero-order chi connectivity index (χ0) is 29.1. The molecule has 2 unspecified atom stereocenters. The van der Waals surface area contributed by atoms with Gasteiger partial charge in [-0.25, -0.2) is 0 Å². The standard InChI is InChI=1S/C16H35O4P.C16H36P/c1-5-9-11-15(7-3)13-19-21(17,18)20-14-16(8-4)12-10-6-2;1-5-9-13-17(14-10-6-2,15-11-7-3)16-12-8-4/h15-16H,5-14H2,1-4H3,(H,17,18);5-16H2,1-4H3/q;+1/p-1. The fourth-order valence-corrected chi connectivity index (χ4v) is 11.0. The maximum absolute atomic E-state index is 11.8. The van der Waals surface area contributed by atoms with Crippen molar-refractivity contribution >= 4 is 15.1 Å². The molecule has 0 bridgehead atoms. The first-order valence-corrected chi connectivity index (χ1v) is 20.7. The summed E-state index contributed by atoms with van der Waals surface area (Å²) in [6, 6.07) is 0. The first-order valence-electron chi connectivity index (χ1n) is 16.7. The number of phosphoric acid groups is 1. The topological polar surface area (TPSA) is 58.6 Å². The molecule has 6 heteroatoms.